The van der Waals surface area contributed by atoms with Crippen LogP contribution in [0.25, 0.3) is 0 Å². The predicted octanol–water partition coefficient (Wildman–Crippen LogP) is 2.83. The quantitative estimate of drug-likeness (QED) is 0.795. The minimum Gasteiger partial charge on any atom is -0.473 e. The summed E-state index contributed by atoms with van der Waals surface area (Å²) < 4.78 is 10.6. The molecule has 0 spiro atoms. The molecule has 6 heteroatoms. The summed E-state index contributed by atoms with van der Waals surface area (Å²) in [7, 11) is 1.61. The van der Waals surface area contributed by atoms with Crippen LogP contribution in [0.5, 0.6) is 5.19 Å². The van der Waals surface area contributed by atoms with E-state index in [1.165, 1.54) is 11.3 Å². The molecule has 0 fully saturated rings. The van der Waals surface area contributed by atoms with Crippen LogP contribution in [0.1, 0.15) is 38.3 Å². The number of carbonyl (C=O) groups excluding carboxylic acids is 1. The predicted molar refractivity (Wildman–Crippen MR) is 73.6 cm³/mol. The van der Waals surface area contributed by atoms with Crippen LogP contribution in [-0.2, 0) is 17.7 Å². The van der Waals surface area contributed by atoms with Crippen molar-refractivity contribution in [2.45, 2.75) is 52.3 Å². The number of methoxy groups -OCH3 is 1. The molecule has 2 rings (SSSR count). The smallest absolute Gasteiger partial charge is 0.410 e. The lowest BCUT2D eigenvalue weighted by Gasteiger charge is -2.34. The third kappa shape index (κ3) is 3.18. The van der Waals surface area contributed by atoms with Crippen LogP contribution in [0.4, 0.5) is 4.79 Å². The molecule has 1 aliphatic rings. The van der Waals surface area contributed by atoms with Gasteiger partial charge in [-0.15, -0.1) is 0 Å². The molecular formula is C13H20N2O3S. The number of amides is 1. The Labute approximate surface area is 117 Å². The molecule has 19 heavy (non-hydrogen) atoms. The molecular weight excluding hydrogens is 264 g/mol. The third-order valence-electron chi connectivity index (χ3n) is 2.90. The van der Waals surface area contributed by atoms with Gasteiger partial charge in [-0.1, -0.05) is 11.3 Å². The highest BCUT2D eigenvalue weighted by Gasteiger charge is 2.32. The standard InChI is InChI=1S/C13H20N2O3S/c1-8-6-9-10(19-11(14-9)17-5)7-15(8)12(16)18-13(2,3)4/h8H,6-7H2,1-5H3/t8-/m1/s1. The van der Waals surface area contributed by atoms with Gasteiger partial charge in [-0.3, -0.25) is 4.90 Å². The molecule has 106 valence electrons. The van der Waals surface area contributed by atoms with Crippen molar-refractivity contribution in [2.24, 2.45) is 0 Å². The molecule has 1 amide bonds. The van der Waals surface area contributed by atoms with Crippen LogP contribution in [0.2, 0.25) is 0 Å². The Kier molecular flexibility index (Phi) is 3.71. The Balaban J connectivity index is 2.14. The summed E-state index contributed by atoms with van der Waals surface area (Å²) in [5.74, 6) is 0. The lowest BCUT2D eigenvalue weighted by Crippen LogP contribution is -2.44. The summed E-state index contributed by atoms with van der Waals surface area (Å²) in [4.78, 5) is 19.4. The first kappa shape index (κ1) is 14.1. The lowest BCUT2D eigenvalue weighted by atomic mass is 10.1. The average molecular weight is 284 g/mol. The highest BCUT2D eigenvalue weighted by molar-refractivity contribution is 7.13. The molecule has 0 bridgehead atoms. The van der Waals surface area contributed by atoms with Gasteiger partial charge in [0.25, 0.3) is 5.19 Å². The lowest BCUT2D eigenvalue weighted by molar-refractivity contribution is 0.0140. The fourth-order valence-corrected chi connectivity index (χ4v) is 2.90. The molecule has 1 aromatic rings. The number of thiazole rings is 1. The Morgan fingerprint density at radius 3 is 2.74 bits per heavy atom. The highest BCUT2D eigenvalue weighted by Crippen LogP contribution is 2.32. The first-order chi connectivity index (χ1) is 8.80. The largest absolute Gasteiger partial charge is 0.473 e. The minimum absolute atomic E-state index is 0.0918. The van der Waals surface area contributed by atoms with E-state index < -0.39 is 5.60 Å². The maximum Gasteiger partial charge on any atom is 0.410 e. The Morgan fingerprint density at radius 1 is 1.47 bits per heavy atom. The monoisotopic (exact) mass is 284 g/mol. The van der Waals surface area contributed by atoms with Crippen LogP contribution in [0.3, 0.4) is 0 Å². The summed E-state index contributed by atoms with van der Waals surface area (Å²) in [6.45, 7) is 8.19. The fraction of sp³-hybridized carbons (Fsp3) is 0.692. The summed E-state index contributed by atoms with van der Waals surface area (Å²) in [6, 6.07) is 0.0918. The zero-order valence-electron chi connectivity index (χ0n) is 12.0. The number of aromatic nitrogens is 1. The van der Waals surface area contributed by atoms with E-state index in [2.05, 4.69) is 4.98 Å². The van der Waals surface area contributed by atoms with Gasteiger partial charge in [0.1, 0.15) is 5.60 Å². The van der Waals surface area contributed by atoms with Crippen molar-refractivity contribution >= 4 is 17.4 Å². The molecule has 0 radical (unpaired) electrons. The van der Waals surface area contributed by atoms with E-state index in [0.29, 0.717) is 11.7 Å². The van der Waals surface area contributed by atoms with Crippen LogP contribution in [0, 0.1) is 0 Å². The van der Waals surface area contributed by atoms with Gasteiger partial charge in [-0.2, -0.15) is 0 Å². The van der Waals surface area contributed by atoms with Gasteiger partial charge in [0.2, 0.25) is 0 Å². The van der Waals surface area contributed by atoms with Gasteiger partial charge in [0, 0.05) is 12.5 Å². The molecule has 0 unspecified atom stereocenters. The van der Waals surface area contributed by atoms with Gasteiger partial charge in [0.05, 0.1) is 24.2 Å². The van der Waals surface area contributed by atoms with E-state index in [4.69, 9.17) is 9.47 Å². The van der Waals surface area contributed by atoms with E-state index >= 15 is 0 Å². The first-order valence-electron chi connectivity index (χ1n) is 6.32. The van der Waals surface area contributed by atoms with Gasteiger partial charge < -0.3 is 9.47 Å². The highest BCUT2D eigenvalue weighted by atomic mass is 32.1. The number of fused-ring (bicyclic) bond motifs is 1. The molecule has 0 aliphatic carbocycles. The molecule has 0 saturated heterocycles. The van der Waals surface area contributed by atoms with Crippen LogP contribution in [-0.4, -0.2) is 34.7 Å². The van der Waals surface area contributed by atoms with E-state index in [0.717, 1.165) is 17.0 Å². The topological polar surface area (TPSA) is 51.7 Å². The van der Waals surface area contributed by atoms with E-state index in [9.17, 15) is 4.79 Å². The first-order valence-corrected chi connectivity index (χ1v) is 7.14. The van der Waals surface area contributed by atoms with E-state index in [-0.39, 0.29) is 12.1 Å². The summed E-state index contributed by atoms with van der Waals surface area (Å²) in [5.41, 5.74) is 0.566. The van der Waals surface area contributed by atoms with Crippen molar-refractivity contribution < 1.29 is 14.3 Å². The van der Waals surface area contributed by atoms with Crippen LogP contribution >= 0.6 is 11.3 Å². The third-order valence-corrected chi connectivity index (χ3v) is 3.94. The SMILES string of the molecule is COc1nc2c(s1)CN(C(=O)OC(C)(C)C)[C@H](C)C2. The summed E-state index contributed by atoms with van der Waals surface area (Å²) >= 11 is 1.49. The van der Waals surface area contributed by atoms with Gasteiger partial charge >= 0.3 is 6.09 Å². The zero-order valence-corrected chi connectivity index (χ0v) is 12.8. The Morgan fingerprint density at radius 2 is 2.16 bits per heavy atom. The molecule has 0 N–H and O–H groups in total. The van der Waals surface area contributed by atoms with Crippen molar-refractivity contribution in [3.8, 4) is 5.19 Å². The van der Waals surface area contributed by atoms with E-state index in [1.54, 1.807) is 12.0 Å². The van der Waals surface area contributed by atoms with Crippen LogP contribution in [0.15, 0.2) is 0 Å². The molecule has 1 aliphatic heterocycles. The minimum atomic E-state index is -0.470. The second-order valence-electron chi connectivity index (χ2n) is 5.72. The van der Waals surface area contributed by atoms with E-state index in [1.807, 2.05) is 27.7 Å². The second kappa shape index (κ2) is 5.00. The average Bonchev–Trinajstić information content (AvgIpc) is 2.67. The van der Waals surface area contributed by atoms with Crippen molar-refractivity contribution in [1.29, 1.82) is 0 Å². The van der Waals surface area contributed by atoms with Gasteiger partial charge in [0.15, 0.2) is 0 Å². The fourth-order valence-electron chi connectivity index (χ4n) is 2.00. The number of hydrogen-bond acceptors (Lipinski definition) is 5. The molecule has 0 aromatic carbocycles. The second-order valence-corrected chi connectivity index (χ2v) is 6.76. The number of ether oxygens (including phenoxy) is 2. The summed E-state index contributed by atoms with van der Waals surface area (Å²) in [6.07, 6.45) is 0.479. The number of nitrogens with zero attached hydrogens (tertiary/aromatic N) is 2. The van der Waals surface area contributed by atoms with Crippen molar-refractivity contribution in [1.82, 2.24) is 9.88 Å². The summed E-state index contributed by atoms with van der Waals surface area (Å²) in [5, 5.41) is 0.656. The normalized spacial score (nSPS) is 19.0. The van der Waals surface area contributed by atoms with Crippen molar-refractivity contribution in [2.75, 3.05) is 7.11 Å². The molecule has 0 saturated carbocycles. The molecule has 5 nitrogen and oxygen atoms in total. The maximum absolute atomic E-state index is 12.2. The maximum atomic E-state index is 12.2. The molecule has 1 atom stereocenters. The van der Waals surface area contributed by atoms with Crippen molar-refractivity contribution in [3.05, 3.63) is 10.6 Å². The molecule has 1 aromatic heterocycles. The van der Waals surface area contributed by atoms with Crippen LogP contribution < -0.4 is 4.74 Å². The number of rotatable bonds is 1. The molecule has 2 heterocycles. The van der Waals surface area contributed by atoms with Crippen molar-refractivity contribution in [3.63, 3.8) is 0 Å². The zero-order chi connectivity index (χ0) is 14.2. The number of carbonyl (C=O) groups is 1. The Bertz CT molecular complexity index is 479. The number of hydrogen-bond donors (Lipinski definition) is 0. The Hall–Kier alpha value is -1.30. The van der Waals surface area contributed by atoms with Gasteiger partial charge in [-0.05, 0) is 27.7 Å². The van der Waals surface area contributed by atoms with Gasteiger partial charge in [-0.25, -0.2) is 9.78 Å².